The quantitative estimate of drug-likeness (QED) is 0.778. The first-order valence-corrected chi connectivity index (χ1v) is 8.37. The zero-order valence-electron chi connectivity index (χ0n) is 12.9. The predicted molar refractivity (Wildman–Crippen MR) is 84.7 cm³/mol. The number of methoxy groups -OCH3 is 1. The van der Waals surface area contributed by atoms with Crippen molar-refractivity contribution in [3.63, 3.8) is 0 Å². The molecule has 0 aliphatic heterocycles. The Hall–Kier alpha value is -2.12. The summed E-state index contributed by atoms with van der Waals surface area (Å²) in [6.07, 6.45) is 0. The lowest BCUT2D eigenvalue weighted by Gasteiger charge is -2.19. The van der Waals surface area contributed by atoms with Crippen LogP contribution >= 0.6 is 0 Å². The van der Waals surface area contributed by atoms with Crippen LogP contribution in [0, 0.1) is 5.82 Å². The molecule has 5 nitrogen and oxygen atoms in total. The van der Waals surface area contributed by atoms with Crippen molar-refractivity contribution in [1.82, 2.24) is 4.31 Å². The summed E-state index contributed by atoms with van der Waals surface area (Å²) in [6.45, 7) is 0.300. The van der Waals surface area contributed by atoms with Gasteiger partial charge >= 0.3 is 0 Å². The fourth-order valence-electron chi connectivity index (χ4n) is 1.94. The molecule has 2 aromatic rings. The van der Waals surface area contributed by atoms with Crippen LogP contribution in [0.3, 0.4) is 0 Å². The van der Waals surface area contributed by atoms with Gasteiger partial charge in [-0.1, -0.05) is 12.1 Å². The van der Waals surface area contributed by atoms with E-state index >= 15 is 0 Å². The molecule has 0 fully saturated rings. The number of halogens is 1. The van der Waals surface area contributed by atoms with Crippen molar-refractivity contribution in [3.8, 4) is 11.5 Å². The maximum Gasteiger partial charge on any atom is 0.246 e. The van der Waals surface area contributed by atoms with Gasteiger partial charge in [0.15, 0.2) is 0 Å². The number of hydrogen-bond acceptors (Lipinski definition) is 4. The van der Waals surface area contributed by atoms with Gasteiger partial charge in [0.25, 0.3) is 0 Å². The SMILES string of the molecule is COc1ccccc1S(=O)(=O)N(C)CCOc1ccc(F)cc1. The Morgan fingerprint density at radius 1 is 1.09 bits per heavy atom. The maximum atomic E-state index is 12.8. The topological polar surface area (TPSA) is 55.8 Å². The molecule has 0 spiro atoms. The fraction of sp³-hybridized carbons (Fsp3) is 0.250. The molecule has 124 valence electrons. The van der Waals surface area contributed by atoms with Crippen LogP contribution in [0.5, 0.6) is 11.5 Å². The Morgan fingerprint density at radius 2 is 1.74 bits per heavy atom. The number of hydrogen-bond donors (Lipinski definition) is 0. The van der Waals surface area contributed by atoms with Crippen molar-refractivity contribution in [3.05, 3.63) is 54.3 Å². The second-order valence-corrected chi connectivity index (χ2v) is 6.79. The first-order valence-electron chi connectivity index (χ1n) is 6.93. The van der Waals surface area contributed by atoms with Crippen molar-refractivity contribution in [1.29, 1.82) is 0 Å². The van der Waals surface area contributed by atoms with E-state index in [0.717, 1.165) is 0 Å². The Morgan fingerprint density at radius 3 is 2.39 bits per heavy atom. The Bertz CT molecular complexity index is 747. The highest BCUT2D eigenvalue weighted by molar-refractivity contribution is 7.89. The highest BCUT2D eigenvalue weighted by Crippen LogP contribution is 2.25. The number of para-hydroxylation sites is 1. The number of ether oxygens (including phenoxy) is 2. The number of likely N-dealkylation sites (N-methyl/N-ethyl adjacent to an activating group) is 1. The van der Waals surface area contributed by atoms with Gasteiger partial charge in [-0.15, -0.1) is 0 Å². The zero-order chi connectivity index (χ0) is 16.9. The van der Waals surface area contributed by atoms with Gasteiger partial charge in [0.05, 0.1) is 7.11 Å². The van der Waals surface area contributed by atoms with E-state index in [9.17, 15) is 12.8 Å². The van der Waals surface area contributed by atoms with Crippen molar-refractivity contribution in [2.24, 2.45) is 0 Å². The Labute approximate surface area is 135 Å². The molecule has 0 N–H and O–H groups in total. The summed E-state index contributed by atoms with van der Waals surface area (Å²) in [4.78, 5) is 0.104. The van der Waals surface area contributed by atoms with Crippen LogP contribution in [0.25, 0.3) is 0 Å². The highest BCUT2D eigenvalue weighted by Gasteiger charge is 2.24. The minimum Gasteiger partial charge on any atom is -0.495 e. The molecule has 0 aromatic heterocycles. The largest absolute Gasteiger partial charge is 0.495 e. The van der Waals surface area contributed by atoms with E-state index in [1.807, 2.05) is 0 Å². The van der Waals surface area contributed by atoms with Crippen LogP contribution in [0.15, 0.2) is 53.4 Å². The molecule has 0 amide bonds. The number of nitrogens with zero attached hydrogens (tertiary/aromatic N) is 1. The van der Waals surface area contributed by atoms with E-state index in [-0.39, 0.29) is 23.9 Å². The molecule has 0 radical (unpaired) electrons. The van der Waals surface area contributed by atoms with E-state index in [0.29, 0.717) is 11.5 Å². The second kappa shape index (κ2) is 7.43. The number of sulfonamides is 1. The van der Waals surface area contributed by atoms with E-state index in [4.69, 9.17) is 9.47 Å². The molecule has 0 saturated carbocycles. The molecule has 2 aromatic carbocycles. The third kappa shape index (κ3) is 4.20. The fourth-order valence-corrected chi connectivity index (χ4v) is 3.25. The molecule has 0 heterocycles. The van der Waals surface area contributed by atoms with E-state index in [2.05, 4.69) is 0 Å². The molecule has 0 atom stereocenters. The van der Waals surface area contributed by atoms with Gasteiger partial charge in [-0.05, 0) is 36.4 Å². The van der Waals surface area contributed by atoms with Crippen molar-refractivity contribution in [2.45, 2.75) is 4.90 Å². The van der Waals surface area contributed by atoms with Gasteiger partial charge in [-0.2, -0.15) is 4.31 Å². The molecular weight excluding hydrogens is 321 g/mol. The summed E-state index contributed by atoms with van der Waals surface area (Å²) in [7, 11) is -0.784. The summed E-state index contributed by atoms with van der Waals surface area (Å²) in [5.74, 6) is 0.418. The molecule has 0 saturated heterocycles. The van der Waals surface area contributed by atoms with Gasteiger partial charge in [0.1, 0.15) is 28.8 Å². The molecule has 2 rings (SSSR count). The monoisotopic (exact) mass is 339 g/mol. The number of benzene rings is 2. The first kappa shape index (κ1) is 17.2. The van der Waals surface area contributed by atoms with Crippen LogP contribution in [0.2, 0.25) is 0 Å². The summed E-state index contributed by atoms with van der Waals surface area (Å²) in [5, 5.41) is 0. The van der Waals surface area contributed by atoms with Gasteiger partial charge < -0.3 is 9.47 Å². The predicted octanol–water partition coefficient (Wildman–Crippen LogP) is 2.53. The average Bonchev–Trinajstić information content (AvgIpc) is 2.56. The van der Waals surface area contributed by atoms with Gasteiger partial charge in [-0.25, -0.2) is 12.8 Å². The van der Waals surface area contributed by atoms with Crippen LogP contribution < -0.4 is 9.47 Å². The number of rotatable bonds is 7. The first-order chi connectivity index (χ1) is 10.9. The summed E-state index contributed by atoms with van der Waals surface area (Å²) >= 11 is 0. The Kier molecular flexibility index (Phi) is 5.57. The molecular formula is C16H18FNO4S. The van der Waals surface area contributed by atoms with Crippen LogP contribution in [0.1, 0.15) is 0 Å². The third-order valence-electron chi connectivity index (χ3n) is 3.25. The normalized spacial score (nSPS) is 11.5. The van der Waals surface area contributed by atoms with E-state index in [1.165, 1.54) is 48.8 Å². The van der Waals surface area contributed by atoms with Gasteiger partial charge in [0.2, 0.25) is 10.0 Å². The van der Waals surface area contributed by atoms with Crippen LogP contribution in [-0.4, -0.2) is 40.0 Å². The van der Waals surface area contributed by atoms with Crippen molar-refractivity contribution in [2.75, 3.05) is 27.3 Å². The van der Waals surface area contributed by atoms with Crippen molar-refractivity contribution < 1.29 is 22.3 Å². The Balaban J connectivity index is 2.01. The third-order valence-corrected chi connectivity index (χ3v) is 5.14. The molecule has 7 heteroatoms. The van der Waals surface area contributed by atoms with Crippen LogP contribution in [-0.2, 0) is 10.0 Å². The van der Waals surface area contributed by atoms with Gasteiger partial charge in [-0.3, -0.25) is 0 Å². The summed E-state index contributed by atoms with van der Waals surface area (Å²) in [5.41, 5.74) is 0. The minimum atomic E-state index is -3.67. The van der Waals surface area contributed by atoms with Crippen molar-refractivity contribution >= 4 is 10.0 Å². The molecule has 0 unspecified atom stereocenters. The maximum absolute atomic E-state index is 12.8. The minimum absolute atomic E-state index is 0.104. The molecule has 0 bridgehead atoms. The zero-order valence-corrected chi connectivity index (χ0v) is 13.7. The van der Waals surface area contributed by atoms with Gasteiger partial charge in [0, 0.05) is 13.6 Å². The molecule has 23 heavy (non-hydrogen) atoms. The lowest BCUT2D eigenvalue weighted by molar-refractivity contribution is 0.286. The van der Waals surface area contributed by atoms with E-state index < -0.39 is 10.0 Å². The molecule has 0 aliphatic carbocycles. The highest BCUT2D eigenvalue weighted by atomic mass is 32.2. The van der Waals surface area contributed by atoms with E-state index in [1.54, 1.807) is 18.2 Å². The standard InChI is InChI=1S/C16H18FNO4S/c1-18(11-12-22-14-9-7-13(17)8-10-14)23(19,20)16-6-4-3-5-15(16)21-2/h3-10H,11-12H2,1-2H3. The lowest BCUT2D eigenvalue weighted by Crippen LogP contribution is -2.31. The smallest absolute Gasteiger partial charge is 0.246 e. The summed E-state index contributed by atoms with van der Waals surface area (Å²) < 4.78 is 49.6. The average molecular weight is 339 g/mol. The second-order valence-electron chi connectivity index (χ2n) is 4.78. The van der Waals surface area contributed by atoms with Crippen LogP contribution in [0.4, 0.5) is 4.39 Å². The summed E-state index contributed by atoms with van der Waals surface area (Å²) in [6, 6.07) is 12.0. The molecule has 0 aliphatic rings. The lowest BCUT2D eigenvalue weighted by atomic mass is 10.3.